The van der Waals surface area contributed by atoms with Crippen LogP contribution in [-0.4, -0.2) is 6.04 Å². The van der Waals surface area contributed by atoms with Gasteiger partial charge in [-0.15, -0.1) is 0 Å². The fraction of sp³-hybridized carbons (Fsp3) is 0.250. The second-order valence-electron chi connectivity index (χ2n) is 5.12. The summed E-state index contributed by atoms with van der Waals surface area (Å²) in [4.78, 5) is 0. The largest absolute Gasteiger partial charge is 0.271 e. The van der Waals surface area contributed by atoms with Gasteiger partial charge in [0.1, 0.15) is 0 Å². The smallest absolute Gasteiger partial charge is 0.0408 e. The van der Waals surface area contributed by atoms with E-state index in [1.165, 1.54) is 16.7 Å². The molecule has 19 heavy (non-hydrogen) atoms. The summed E-state index contributed by atoms with van der Waals surface area (Å²) in [6, 6.07) is 16.8. The zero-order valence-electron chi connectivity index (χ0n) is 10.6. The zero-order chi connectivity index (χ0) is 13.2. The first-order chi connectivity index (χ1) is 9.28. The van der Waals surface area contributed by atoms with E-state index in [1.807, 2.05) is 18.2 Å². The molecule has 0 saturated carbocycles. The first-order valence-electron chi connectivity index (χ1n) is 6.56. The summed E-state index contributed by atoms with van der Waals surface area (Å²) in [6.45, 7) is 0. The summed E-state index contributed by atoms with van der Waals surface area (Å²) >= 11 is 6.03. The van der Waals surface area contributed by atoms with Crippen LogP contribution in [0, 0.1) is 0 Å². The molecule has 2 aromatic rings. The summed E-state index contributed by atoms with van der Waals surface area (Å²) in [5, 5.41) is 0.780. The number of halogens is 1. The maximum absolute atomic E-state index is 6.03. The lowest BCUT2D eigenvalue weighted by atomic mass is 9.72. The lowest BCUT2D eigenvalue weighted by Gasteiger charge is -2.36. The summed E-state index contributed by atoms with van der Waals surface area (Å²) in [7, 11) is 0. The van der Waals surface area contributed by atoms with Gasteiger partial charge in [-0.05, 0) is 41.7 Å². The van der Waals surface area contributed by atoms with Crippen LogP contribution in [-0.2, 0) is 12.8 Å². The second-order valence-corrected chi connectivity index (χ2v) is 5.55. The van der Waals surface area contributed by atoms with Crippen LogP contribution in [0.2, 0.25) is 5.02 Å². The van der Waals surface area contributed by atoms with Crippen molar-refractivity contribution in [3.8, 4) is 0 Å². The average molecular weight is 273 g/mol. The summed E-state index contributed by atoms with van der Waals surface area (Å²) in [6.07, 6.45) is 2.00. The number of fused-ring (bicyclic) bond motifs is 1. The highest BCUT2D eigenvalue weighted by Crippen LogP contribution is 2.38. The molecule has 3 heteroatoms. The topological polar surface area (TPSA) is 38.0 Å². The van der Waals surface area contributed by atoms with E-state index in [-0.39, 0.29) is 6.04 Å². The molecule has 0 heterocycles. The molecule has 2 atom stereocenters. The molecule has 0 aliphatic heterocycles. The van der Waals surface area contributed by atoms with Crippen LogP contribution in [0.5, 0.6) is 0 Å². The molecule has 1 aliphatic carbocycles. The standard InChI is InChI=1S/C16H17ClN2/c17-13-6-3-4-11(8-13)9-16(19-18)15-10-12-5-1-2-7-14(12)15/h1-8,15-16,19H,9-10,18H2. The first-order valence-corrected chi connectivity index (χ1v) is 6.94. The van der Waals surface area contributed by atoms with E-state index in [0.29, 0.717) is 5.92 Å². The fourth-order valence-corrected chi connectivity index (χ4v) is 3.10. The minimum atomic E-state index is 0.258. The molecule has 98 valence electrons. The third kappa shape index (κ3) is 2.52. The van der Waals surface area contributed by atoms with Crippen LogP contribution >= 0.6 is 11.6 Å². The normalized spacial score (nSPS) is 18.5. The Morgan fingerprint density at radius 2 is 2.05 bits per heavy atom. The molecule has 3 rings (SSSR count). The molecule has 0 amide bonds. The van der Waals surface area contributed by atoms with E-state index in [4.69, 9.17) is 17.4 Å². The monoisotopic (exact) mass is 272 g/mol. The molecule has 2 nitrogen and oxygen atoms in total. The number of nitrogens with two attached hydrogens (primary N) is 1. The Morgan fingerprint density at radius 3 is 2.79 bits per heavy atom. The third-order valence-corrected chi connectivity index (χ3v) is 4.17. The molecule has 0 spiro atoms. The average Bonchev–Trinajstić information content (AvgIpc) is 2.39. The molecular formula is C16H17ClN2. The van der Waals surface area contributed by atoms with E-state index >= 15 is 0 Å². The number of hydrazine groups is 1. The van der Waals surface area contributed by atoms with E-state index in [0.717, 1.165) is 17.9 Å². The SMILES string of the molecule is NNC(Cc1cccc(Cl)c1)C1Cc2ccccc21. The maximum Gasteiger partial charge on any atom is 0.0408 e. The maximum atomic E-state index is 6.03. The molecule has 2 unspecified atom stereocenters. The van der Waals surface area contributed by atoms with Gasteiger partial charge in [-0.1, -0.05) is 48.0 Å². The van der Waals surface area contributed by atoms with Gasteiger partial charge in [0.15, 0.2) is 0 Å². The Kier molecular flexibility index (Phi) is 3.56. The van der Waals surface area contributed by atoms with E-state index in [9.17, 15) is 0 Å². The Labute approximate surface area is 118 Å². The van der Waals surface area contributed by atoms with Crippen molar-refractivity contribution in [3.05, 3.63) is 70.2 Å². The Hall–Kier alpha value is -1.35. The van der Waals surface area contributed by atoms with Crippen molar-refractivity contribution in [1.29, 1.82) is 0 Å². The van der Waals surface area contributed by atoms with Crippen LogP contribution in [0.15, 0.2) is 48.5 Å². The number of nitrogens with one attached hydrogen (secondary N) is 1. The molecule has 0 saturated heterocycles. The molecule has 0 bridgehead atoms. The van der Waals surface area contributed by atoms with E-state index in [1.54, 1.807) is 0 Å². The quantitative estimate of drug-likeness (QED) is 0.663. The number of hydrogen-bond donors (Lipinski definition) is 2. The lowest BCUT2D eigenvalue weighted by Crippen LogP contribution is -2.45. The first kappa shape index (κ1) is 12.7. The van der Waals surface area contributed by atoms with Gasteiger partial charge in [-0.2, -0.15) is 0 Å². The number of hydrogen-bond acceptors (Lipinski definition) is 2. The van der Waals surface area contributed by atoms with Gasteiger partial charge in [0.2, 0.25) is 0 Å². The van der Waals surface area contributed by atoms with Crippen molar-refractivity contribution in [2.75, 3.05) is 0 Å². The van der Waals surface area contributed by atoms with Gasteiger partial charge in [0.25, 0.3) is 0 Å². The van der Waals surface area contributed by atoms with Crippen LogP contribution < -0.4 is 11.3 Å². The Morgan fingerprint density at radius 1 is 1.21 bits per heavy atom. The predicted octanol–water partition coefficient (Wildman–Crippen LogP) is 3.05. The van der Waals surface area contributed by atoms with Crippen molar-refractivity contribution in [1.82, 2.24) is 5.43 Å². The summed E-state index contributed by atoms with van der Waals surface area (Å²) < 4.78 is 0. The van der Waals surface area contributed by atoms with Gasteiger partial charge >= 0.3 is 0 Å². The van der Waals surface area contributed by atoms with Crippen LogP contribution in [0.4, 0.5) is 0 Å². The van der Waals surface area contributed by atoms with Gasteiger partial charge < -0.3 is 0 Å². The predicted molar refractivity (Wildman–Crippen MR) is 79.2 cm³/mol. The molecule has 1 aliphatic rings. The summed E-state index contributed by atoms with van der Waals surface area (Å²) in [5.74, 6) is 6.24. The molecule has 0 aromatic heterocycles. The van der Waals surface area contributed by atoms with Gasteiger partial charge in [-0.25, -0.2) is 0 Å². The highest BCUT2D eigenvalue weighted by Gasteiger charge is 2.32. The van der Waals surface area contributed by atoms with Crippen LogP contribution in [0.25, 0.3) is 0 Å². The van der Waals surface area contributed by atoms with Crippen molar-refractivity contribution in [2.45, 2.75) is 24.8 Å². The highest BCUT2D eigenvalue weighted by molar-refractivity contribution is 6.30. The Bertz CT molecular complexity index is 582. The molecule has 0 radical (unpaired) electrons. The molecule has 2 aromatic carbocycles. The van der Waals surface area contributed by atoms with Crippen molar-refractivity contribution >= 4 is 11.6 Å². The lowest BCUT2D eigenvalue weighted by molar-refractivity contribution is 0.404. The van der Waals surface area contributed by atoms with Crippen molar-refractivity contribution in [3.63, 3.8) is 0 Å². The zero-order valence-corrected chi connectivity index (χ0v) is 11.4. The molecular weight excluding hydrogens is 256 g/mol. The Balaban J connectivity index is 1.76. The second kappa shape index (κ2) is 5.33. The highest BCUT2D eigenvalue weighted by atomic mass is 35.5. The molecule has 3 N–H and O–H groups in total. The van der Waals surface area contributed by atoms with Crippen molar-refractivity contribution < 1.29 is 0 Å². The van der Waals surface area contributed by atoms with E-state index in [2.05, 4.69) is 35.8 Å². The minimum absolute atomic E-state index is 0.258. The number of rotatable bonds is 4. The van der Waals surface area contributed by atoms with Crippen LogP contribution in [0.1, 0.15) is 22.6 Å². The van der Waals surface area contributed by atoms with E-state index < -0.39 is 0 Å². The summed E-state index contributed by atoms with van der Waals surface area (Å²) in [5.41, 5.74) is 7.06. The van der Waals surface area contributed by atoms with Gasteiger partial charge in [0, 0.05) is 17.0 Å². The number of benzene rings is 2. The third-order valence-electron chi connectivity index (χ3n) is 3.94. The van der Waals surface area contributed by atoms with Gasteiger partial charge in [-0.3, -0.25) is 11.3 Å². The van der Waals surface area contributed by atoms with Crippen molar-refractivity contribution in [2.24, 2.45) is 5.84 Å². The van der Waals surface area contributed by atoms with Crippen LogP contribution in [0.3, 0.4) is 0 Å². The van der Waals surface area contributed by atoms with Gasteiger partial charge in [0.05, 0.1) is 0 Å². The molecule has 0 fully saturated rings. The minimum Gasteiger partial charge on any atom is -0.271 e. The fourth-order valence-electron chi connectivity index (χ4n) is 2.89.